The highest BCUT2D eigenvalue weighted by atomic mass is 32.1. The molecule has 2 N–H and O–H groups in total. The maximum atomic E-state index is 11.4. The van der Waals surface area contributed by atoms with Gasteiger partial charge in [-0.25, -0.2) is 0 Å². The molecule has 2 rings (SSSR count). The summed E-state index contributed by atoms with van der Waals surface area (Å²) in [5.41, 5.74) is 2.15. The molecular weight excluding hydrogens is 330 g/mol. The molecule has 0 saturated carbocycles. The van der Waals surface area contributed by atoms with E-state index in [9.17, 15) is 4.79 Å². The van der Waals surface area contributed by atoms with Crippen LogP contribution in [0, 0.1) is 10.8 Å². The third-order valence-corrected chi connectivity index (χ3v) is 5.69. The van der Waals surface area contributed by atoms with Gasteiger partial charge in [0, 0.05) is 24.7 Å². The molecule has 0 bridgehead atoms. The van der Waals surface area contributed by atoms with Crippen LogP contribution in [0.2, 0.25) is 0 Å². The molecule has 0 unspecified atom stereocenters. The van der Waals surface area contributed by atoms with E-state index in [2.05, 4.69) is 80.2 Å². The zero-order valence-corrected chi connectivity index (χ0v) is 16.5. The predicted octanol–water partition coefficient (Wildman–Crippen LogP) is 4.14. The van der Waals surface area contributed by atoms with Gasteiger partial charge in [-0.2, -0.15) is 12.6 Å². The van der Waals surface area contributed by atoms with Crippen molar-refractivity contribution in [2.45, 2.75) is 34.1 Å². The molecule has 0 radical (unpaired) electrons. The first kappa shape index (κ1) is 19.6. The van der Waals surface area contributed by atoms with E-state index in [1.165, 1.54) is 0 Å². The molecule has 0 fully saturated rings. The SMILES string of the molecule is CC(C)(CCNC(=O)CS)C(C)(C)CNc1cccc2cccnc12. The van der Waals surface area contributed by atoms with Crippen molar-refractivity contribution in [1.29, 1.82) is 0 Å². The number of carbonyl (C=O) groups excluding carboxylic acids is 1. The van der Waals surface area contributed by atoms with Gasteiger partial charge in [-0.05, 0) is 29.4 Å². The summed E-state index contributed by atoms with van der Waals surface area (Å²) in [7, 11) is 0. The Morgan fingerprint density at radius 3 is 2.56 bits per heavy atom. The van der Waals surface area contributed by atoms with Crippen molar-refractivity contribution in [1.82, 2.24) is 10.3 Å². The van der Waals surface area contributed by atoms with Crippen molar-refractivity contribution in [3.05, 3.63) is 36.5 Å². The fourth-order valence-electron chi connectivity index (χ4n) is 2.71. The quantitative estimate of drug-likeness (QED) is 0.621. The standard InChI is InChI=1S/C20H29N3OS/c1-19(2,10-12-21-17(24)13-25)20(3,4)14-23-16-9-5-7-15-8-6-11-22-18(15)16/h5-9,11,23,25H,10,12-14H2,1-4H3,(H,21,24). The number of amides is 1. The van der Waals surface area contributed by atoms with Crippen LogP contribution in [0.5, 0.6) is 0 Å². The summed E-state index contributed by atoms with van der Waals surface area (Å²) in [5, 5.41) is 7.63. The van der Waals surface area contributed by atoms with Gasteiger partial charge in [0.05, 0.1) is 17.0 Å². The van der Waals surface area contributed by atoms with Crippen molar-refractivity contribution in [2.24, 2.45) is 10.8 Å². The Morgan fingerprint density at radius 1 is 1.12 bits per heavy atom. The monoisotopic (exact) mass is 359 g/mol. The lowest BCUT2D eigenvalue weighted by Gasteiger charge is -2.42. The molecule has 4 nitrogen and oxygen atoms in total. The molecule has 5 heteroatoms. The number of nitrogens with zero attached hydrogens (tertiary/aromatic N) is 1. The molecule has 1 amide bonds. The van der Waals surface area contributed by atoms with Crippen LogP contribution in [0.3, 0.4) is 0 Å². The Balaban J connectivity index is 2.03. The van der Waals surface area contributed by atoms with Crippen molar-refractivity contribution in [2.75, 3.05) is 24.2 Å². The van der Waals surface area contributed by atoms with Gasteiger partial charge < -0.3 is 10.6 Å². The van der Waals surface area contributed by atoms with E-state index < -0.39 is 0 Å². The summed E-state index contributed by atoms with van der Waals surface area (Å²) < 4.78 is 0. The zero-order valence-electron chi connectivity index (χ0n) is 15.6. The molecule has 136 valence electrons. The minimum Gasteiger partial charge on any atom is -0.383 e. The first-order chi connectivity index (χ1) is 11.8. The summed E-state index contributed by atoms with van der Waals surface area (Å²) in [6.07, 6.45) is 2.74. The van der Waals surface area contributed by atoms with Gasteiger partial charge >= 0.3 is 0 Å². The Kier molecular flexibility index (Phi) is 6.33. The van der Waals surface area contributed by atoms with Crippen molar-refractivity contribution in [3.63, 3.8) is 0 Å². The van der Waals surface area contributed by atoms with E-state index in [-0.39, 0.29) is 22.5 Å². The summed E-state index contributed by atoms with van der Waals surface area (Å²) in [6.45, 7) is 10.5. The summed E-state index contributed by atoms with van der Waals surface area (Å²) in [6, 6.07) is 10.2. The highest BCUT2D eigenvalue weighted by Gasteiger charge is 2.36. The second kappa shape index (κ2) is 8.09. The summed E-state index contributed by atoms with van der Waals surface area (Å²) in [4.78, 5) is 15.9. The average molecular weight is 360 g/mol. The first-order valence-corrected chi connectivity index (χ1v) is 9.35. The van der Waals surface area contributed by atoms with Crippen LogP contribution in [-0.2, 0) is 4.79 Å². The van der Waals surface area contributed by atoms with Crippen molar-refractivity contribution in [3.8, 4) is 0 Å². The van der Waals surface area contributed by atoms with Crippen LogP contribution in [0.4, 0.5) is 5.69 Å². The van der Waals surface area contributed by atoms with Gasteiger partial charge in [0.1, 0.15) is 0 Å². The number of hydrogen-bond donors (Lipinski definition) is 3. The Bertz CT molecular complexity index is 722. The first-order valence-electron chi connectivity index (χ1n) is 8.72. The van der Waals surface area contributed by atoms with Crippen LogP contribution in [0.1, 0.15) is 34.1 Å². The lowest BCUT2D eigenvalue weighted by Crippen LogP contribution is -2.41. The lowest BCUT2D eigenvalue weighted by atomic mass is 9.66. The smallest absolute Gasteiger partial charge is 0.229 e. The molecule has 0 atom stereocenters. The Hall–Kier alpha value is -1.75. The maximum absolute atomic E-state index is 11.4. The van der Waals surface area contributed by atoms with Crippen molar-refractivity contribution >= 4 is 35.1 Å². The van der Waals surface area contributed by atoms with E-state index in [4.69, 9.17) is 0 Å². The van der Waals surface area contributed by atoms with Gasteiger partial charge in [-0.1, -0.05) is 45.9 Å². The number of anilines is 1. The summed E-state index contributed by atoms with van der Waals surface area (Å²) >= 11 is 3.99. The van der Waals surface area contributed by atoms with E-state index >= 15 is 0 Å². The molecule has 1 aromatic carbocycles. The third kappa shape index (κ3) is 4.88. The van der Waals surface area contributed by atoms with Gasteiger partial charge in [0.15, 0.2) is 0 Å². The van der Waals surface area contributed by atoms with E-state index in [0.29, 0.717) is 6.54 Å². The number of para-hydroxylation sites is 1. The highest BCUT2D eigenvalue weighted by Crippen LogP contribution is 2.41. The molecular formula is C20H29N3OS. The fourth-order valence-corrected chi connectivity index (χ4v) is 2.82. The van der Waals surface area contributed by atoms with Crippen molar-refractivity contribution < 1.29 is 4.79 Å². The third-order valence-electron chi connectivity index (χ3n) is 5.40. The molecule has 0 saturated heterocycles. The number of pyridine rings is 1. The molecule has 0 aliphatic heterocycles. The molecule has 0 spiro atoms. The molecule has 1 aromatic heterocycles. The highest BCUT2D eigenvalue weighted by molar-refractivity contribution is 7.81. The maximum Gasteiger partial charge on any atom is 0.229 e. The number of benzene rings is 1. The molecule has 2 aromatic rings. The number of hydrogen-bond acceptors (Lipinski definition) is 4. The number of fused-ring (bicyclic) bond motifs is 1. The van der Waals surface area contributed by atoms with E-state index in [0.717, 1.165) is 29.6 Å². The van der Waals surface area contributed by atoms with Crippen LogP contribution < -0.4 is 10.6 Å². The fraction of sp³-hybridized carbons (Fsp3) is 0.500. The predicted molar refractivity (Wildman–Crippen MR) is 109 cm³/mol. The Labute approximate surface area is 156 Å². The molecule has 0 aliphatic rings. The van der Waals surface area contributed by atoms with E-state index in [1.807, 2.05) is 12.3 Å². The molecule has 25 heavy (non-hydrogen) atoms. The average Bonchev–Trinajstić information content (AvgIpc) is 2.59. The minimum atomic E-state index is -0.0168. The lowest BCUT2D eigenvalue weighted by molar-refractivity contribution is -0.118. The van der Waals surface area contributed by atoms with Gasteiger partial charge in [-0.15, -0.1) is 0 Å². The van der Waals surface area contributed by atoms with Gasteiger partial charge in [0.2, 0.25) is 5.91 Å². The minimum absolute atomic E-state index is 0.0168. The molecule has 1 heterocycles. The number of aromatic nitrogens is 1. The van der Waals surface area contributed by atoms with Gasteiger partial charge in [-0.3, -0.25) is 9.78 Å². The van der Waals surface area contributed by atoms with Crippen LogP contribution >= 0.6 is 12.6 Å². The molecule has 0 aliphatic carbocycles. The van der Waals surface area contributed by atoms with Crippen LogP contribution in [0.25, 0.3) is 10.9 Å². The number of nitrogens with one attached hydrogen (secondary N) is 2. The van der Waals surface area contributed by atoms with Gasteiger partial charge in [0.25, 0.3) is 0 Å². The van der Waals surface area contributed by atoms with Crippen LogP contribution in [-0.4, -0.2) is 29.7 Å². The second-order valence-corrected chi connectivity index (χ2v) is 8.08. The number of rotatable bonds is 8. The second-order valence-electron chi connectivity index (χ2n) is 7.76. The van der Waals surface area contributed by atoms with Crippen LogP contribution in [0.15, 0.2) is 36.5 Å². The summed E-state index contributed by atoms with van der Waals surface area (Å²) in [5.74, 6) is 0.219. The number of thiol groups is 1. The normalized spacial score (nSPS) is 12.2. The van der Waals surface area contributed by atoms with E-state index in [1.54, 1.807) is 0 Å². The topological polar surface area (TPSA) is 54.0 Å². The zero-order chi connectivity index (χ0) is 18.5. The number of carbonyl (C=O) groups is 1. The largest absolute Gasteiger partial charge is 0.383 e. The Morgan fingerprint density at radius 2 is 1.84 bits per heavy atom.